The molecule has 2 aromatic heterocycles. The molecule has 4 heterocycles. The molecule has 27 heavy (non-hydrogen) atoms. The summed E-state index contributed by atoms with van der Waals surface area (Å²) in [6.07, 6.45) is 0.701. The van der Waals surface area contributed by atoms with Crippen LogP contribution in [-0.2, 0) is 6.18 Å². The minimum absolute atomic E-state index is 0.0677. The van der Waals surface area contributed by atoms with Crippen molar-refractivity contribution < 1.29 is 17.6 Å². The Bertz CT molecular complexity index is 1030. The van der Waals surface area contributed by atoms with Gasteiger partial charge in [0.05, 0.1) is 11.1 Å². The highest BCUT2D eigenvalue weighted by Crippen LogP contribution is 2.34. The number of anilines is 1. The van der Waals surface area contributed by atoms with Crippen LogP contribution in [0.1, 0.15) is 18.4 Å². The van der Waals surface area contributed by atoms with Crippen LogP contribution < -0.4 is 4.90 Å². The molecule has 5 rings (SSSR count). The van der Waals surface area contributed by atoms with Gasteiger partial charge in [-0.3, -0.25) is 9.30 Å². The molecule has 0 aliphatic carbocycles. The molecule has 0 N–H and O–H groups in total. The van der Waals surface area contributed by atoms with E-state index >= 15 is 0 Å². The summed E-state index contributed by atoms with van der Waals surface area (Å²) in [7, 11) is 0. The lowest BCUT2D eigenvalue weighted by Crippen LogP contribution is -2.50. The molecule has 142 valence electrons. The molecule has 2 saturated heterocycles. The number of alkyl halides is 3. The molecule has 2 aliphatic heterocycles. The van der Waals surface area contributed by atoms with Gasteiger partial charge < -0.3 is 4.90 Å². The first-order valence-electron chi connectivity index (χ1n) is 8.94. The minimum atomic E-state index is -4.63. The molecule has 2 aliphatic rings. The summed E-state index contributed by atoms with van der Waals surface area (Å²) < 4.78 is 55.3. The molecule has 9 heteroatoms. The van der Waals surface area contributed by atoms with E-state index < -0.39 is 17.6 Å². The van der Waals surface area contributed by atoms with Gasteiger partial charge in [-0.15, -0.1) is 0 Å². The van der Waals surface area contributed by atoms with E-state index in [1.807, 2.05) is 0 Å². The Morgan fingerprint density at radius 3 is 2.78 bits per heavy atom. The Balaban J connectivity index is 1.67. The first-order valence-corrected chi connectivity index (χ1v) is 8.94. The van der Waals surface area contributed by atoms with Gasteiger partial charge in [0, 0.05) is 38.1 Å². The number of piperazine rings is 1. The molecular formula is C18H17F4N5. The third-order valence-corrected chi connectivity index (χ3v) is 5.58. The van der Waals surface area contributed by atoms with Gasteiger partial charge in [-0.05, 0) is 31.5 Å². The topological polar surface area (TPSA) is 36.7 Å². The summed E-state index contributed by atoms with van der Waals surface area (Å²) in [6.45, 7) is 3.49. The van der Waals surface area contributed by atoms with Crippen molar-refractivity contribution in [3.8, 4) is 0 Å². The van der Waals surface area contributed by atoms with Crippen molar-refractivity contribution in [1.82, 2.24) is 19.3 Å². The van der Waals surface area contributed by atoms with Crippen molar-refractivity contribution in [1.29, 1.82) is 0 Å². The van der Waals surface area contributed by atoms with Gasteiger partial charge in [0.25, 0.3) is 0 Å². The Morgan fingerprint density at radius 1 is 1.11 bits per heavy atom. The van der Waals surface area contributed by atoms with Crippen LogP contribution in [0.25, 0.3) is 16.7 Å². The first kappa shape index (κ1) is 16.7. The highest BCUT2D eigenvalue weighted by atomic mass is 19.4. The second-order valence-corrected chi connectivity index (χ2v) is 7.16. The van der Waals surface area contributed by atoms with Gasteiger partial charge in [-0.1, -0.05) is 0 Å². The van der Waals surface area contributed by atoms with E-state index in [9.17, 15) is 17.6 Å². The number of fused-ring (bicyclic) bond motifs is 4. The summed E-state index contributed by atoms with van der Waals surface area (Å²) in [5, 5.41) is 0. The van der Waals surface area contributed by atoms with E-state index in [2.05, 4.69) is 19.8 Å². The van der Waals surface area contributed by atoms with Gasteiger partial charge in [-0.25, -0.2) is 14.4 Å². The Labute approximate surface area is 152 Å². The molecule has 0 bridgehead atoms. The van der Waals surface area contributed by atoms with Crippen LogP contribution in [0.5, 0.6) is 0 Å². The zero-order valence-electron chi connectivity index (χ0n) is 14.4. The summed E-state index contributed by atoms with van der Waals surface area (Å²) in [4.78, 5) is 13.2. The van der Waals surface area contributed by atoms with Crippen LogP contribution >= 0.6 is 0 Å². The standard InChI is InChI=1S/C18H17F4N5/c19-13-8-11(18(20,21)22)9-14-15(13)24-17(16-23-3-5-27(14)16)26-7-6-25-4-1-2-12(25)10-26/h3,5,8-9,12H,1-2,4,6-7,10H2. The minimum Gasteiger partial charge on any atom is -0.351 e. The van der Waals surface area contributed by atoms with Crippen molar-refractivity contribution in [3.05, 3.63) is 35.9 Å². The fourth-order valence-corrected chi connectivity index (χ4v) is 4.26. The summed E-state index contributed by atoms with van der Waals surface area (Å²) in [6, 6.07) is 1.87. The van der Waals surface area contributed by atoms with E-state index in [0.29, 0.717) is 23.6 Å². The highest BCUT2D eigenvalue weighted by Gasteiger charge is 2.34. The van der Waals surface area contributed by atoms with E-state index in [1.165, 1.54) is 10.6 Å². The van der Waals surface area contributed by atoms with Gasteiger partial charge in [-0.2, -0.15) is 13.2 Å². The van der Waals surface area contributed by atoms with Crippen molar-refractivity contribution >= 4 is 22.5 Å². The number of nitrogens with zero attached hydrogens (tertiary/aromatic N) is 5. The van der Waals surface area contributed by atoms with Crippen molar-refractivity contribution in [3.63, 3.8) is 0 Å². The van der Waals surface area contributed by atoms with Crippen molar-refractivity contribution in [2.75, 3.05) is 31.1 Å². The molecule has 1 aromatic carbocycles. The molecule has 2 fully saturated rings. The molecule has 1 atom stereocenters. The number of hydrogen-bond acceptors (Lipinski definition) is 4. The van der Waals surface area contributed by atoms with Gasteiger partial charge in [0.2, 0.25) is 0 Å². The third-order valence-electron chi connectivity index (χ3n) is 5.58. The van der Waals surface area contributed by atoms with Crippen LogP contribution in [0, 0.1) is 5.82 Å². The summed E-state index contributed by atoms with van der Waals surface area (Å²) in [5.41, 5.74) is -0.584. The Kier molecular flexibility index (Phi) is 3.59. The Hall–Kier alpha value is -2.42. The van der Waals surface area contributed by atoms with E-state index in [-0.39, 0.29) is 11.0 Å². The number of halogens is 4. The Morgan fingerprint density at radius 2 is 1.96 bits per heavy atom. The van der Waals surface area contributed by atoms with E-state index in [4.69, 9.17) is 0 Å². The molecule has 0 radical (unpaired) electrons. The lowest BCUT2D eigenvalue weighted by Gasteiger charge is -2.38. The zero-order chi connectivity index (χ0) is 18.8. The number of aromatic nitrogens is 3. The SMILES string of the molecule is Fc1cc(C(F)(F)F)cc2c1nc(N1CCN3CCCC3C1)c1nccn12. The second-order valence-electron chi connectivity index (χ2n) is 7.16. The molecule has 0 saturated carbocycles. The van der Waals surface area contributed by atoms with Gasteiger partial charge >= 0.3 is 6.18 Å². The normalized spacial score (nSPS) is 21.3. The van der Waals surface area contributed by atoms with Gasteiger partial charge in [0.15, 0.2) is 17.3 Å². The van der Waals surface area contributed by atoms with E-state index in [0.717, 1.165) is 45.1 Å². The summed E-state index contributed by atoms with van der Waals surface area (Å²) >= 11 is 0. The van der Waals surface area contributed by atoms with Crippen LogP contribution in [-0.4, -0.2) is 51.5 Å². The first-order chi connectivity index (χ1) is 12.9. The largest absolute Gasteiger partial charge is 0.416 e. The average molecular weight is 379 g/mol. The lowest BCUT2D eigenvalue weighted by atomic mass is 10.1. The molecule has 0 spiro atoms. The molecule has 0 amide bonds. The molecule has 1 unspecified atom stereocenters. The number of rotatable bonds is 1. The quantitative estimate of drug-likeness (QED) is 0.608. The third kappa shape index (κ3) is 2.63. The van der Waals surface area contributed by atoms with Crippen molar-refractivity contribution in [2.24, 2.45) is 0 Å². The predicted octanol–water partition coefficient (Wildman–Crippen LogP) is 3.32. The maximum atomic E-state index is 14.6. The molecular weight excluding hydrogens is 362 g/mol. The second kappa shape index (κ2) is 5.79. The van der Waals surface area contributed by atoms with Crippen LogP contribution in [0.15, 0.2) is 24.5 Å². The van der Waals surface area contributed by atoms with Crippen LogP contribution in [0.3, 0.4) is 0 Å². The maximum Gasteiger partial charge on any atom is 0.416 e. The van der Waals surface area contributed by atoms with Crippen LogP contribution in [0.4, 0.5) is 23.4 Å². The molecule has 3 aromatic rings. The zero-order valence-corrected chi connectivity index (χ0v) is 14.4. The smallest absolute Gasteiger partial charge is 0.351 e. The average Bonchev–Trinajstić information content (AvgIpc) is 3.29. The fraction of sp³-hybridized carbons (Fsp3) is 0.444. The van der Waals surface area contributed by atoms with Crippen LogP contribution in [0.2, 0.25) is 0 Å². The lowest BCUT2D eigenvalue weighted by molar-refractivity contribution is -0.137. The number of imidazole rings is 1. The van der Waals surface area contributed by atoms with Crippen molar-refractivity contribution in [2.45, 2.75) is 25.1 Å². The summed E-state index contributed by atoms with van der Waals surface area (Å²) in [5.74, 6) is -0.450. The maximum absolute atomic E-state index is 14.6. The predicted molar refractivity (Wildman–Crippen MR) is 92.3 cm³/mol. The number of hydrogen-bond donors (Lipinski definition) is 0. The monoisotopic (exact) mass is 379 g/mol. The highest BCUT2D eigenvalue weighted by molar-refractivity contribution is 5.84. The van der Waals surface area contributed by atoms with E-state index in [1.54, 1.807) is 6.20 Å². The van der Waals surface area contributed by atoms with Gasteiger partial charge in [0.1, 0.15) is 5.52 Å². The fourth-order valence-electron chi connectivity index (χ4n) is 4.26. The number of benzene rings is 1. The molecule has 5 nitrogen and oxygen atoms in total.